The molecule has 0 saturated carbocycles. The van der Waals surface area contributed by atoms with Crippen LogP contribution in [0.25, 0.3) is 0 Å². The zero-order valence-electron chi connectivity index (χ0n) is 9.67. The maximum Gasteiger partial charge on any atom is 0.0631 e. The molecule has 0 spiro atoms. The molecular formula is C13H19NO. The van der Waals surface area contributed by atoms with Crippen LogP contribution in [0.4, 0.5) is 5.69 Å². The largest absolute Gasteiger partial charge is 0.390 e. The van der Waals surface area contributed by atoms with Crippen molar-refractivity contribution in [2.24, 2.45) is 0 Å². The monoisotopic (exact) mass is 205 g/mol. The lowest BCUT2D eigenvalue weighted by molar-refractivity contribution is 0.0810. The Morgan fingerprint density at radius 3 is 2.87 bits per heavy atom. The Hall–Kier alpha value is -1.02. The van der Waals surface area contributed by atoms with Crippen molar-refractivity contribution in [3.8, 4) is 0 Å². The molecule has 2 rings (SSSR count). The highest BCUT2D eigenvalue weighted by Gasteiger charge is 2.19. The first-order valence-corrected chi connectivity index (χ1v) is 5.55. The van der Waals surface area contributed by atoms with Crippen molar-refractivity contribution in [3.05, 3.63) is 29.3 Å². The van der Waals surface area contributed by atoms with Gasteiger partial charge in [0.05, 0.1) is 5.60 Å². The first-order valence-electron chi connectivity index (χ1n) is 5.55. The minimum absolute atomic E-state index is 0.539. The zero-order chi connectivity index (χ0) is 11.1. The minimum atomic E-state index is -0.627. The zero-order valence-corrected chi connectivity index (χ0v) is 9.67. The van der Waals surface area contributed by atoms with E-state index in [-0.39, 0.29) is 0 Å². The summed E-state index contributed by atoms with van der Waals surface area (Å²) in [6.07, 6.45) is 1.81. The summed E-state index contributed by atoms with van der Waals surface area (Å²) in [7, 11) is 0. The summed E-state index contributed by atoms with van der Waals surface area (Å²) < 4.78 is 0. The predicted molar refractivity (Wildman–Crippen MR) is 63.2 cm³/mol. The normalized spacial score (nSPS) is 19.9. The molecule has 0 amide bonds. The summed E-state index contributed by atoms with van der Waals surface area (Å²) in [5.41, 5.74) is 3.20. The van der Waals surface area contributed by atoms with Gasteiger partial charge in [0.25, 0.3) is 0 Å². The Balaban J connectivity index is 2.20. The summed E-state index contributed by atoms with van der Waals surface area (Å²) in [6, 6.07) is 7.00. The van der Waals surface area contributed by atoms with Gasteiger partial charge >= 0.3 is 0 Å². The van der Waals surface area contributed by atoms with Crippen LogP contribution in [0.5, 0.6) is 0 Å². The molecule has 1 aliphatic rings. The van der Waals surface area contributed by atoms with Crippen molar-refractivity contribution in [1.29, 1.82) is 0 Å². The fourth-order valence-corrected chi connectivity index (χ4v) is 2.19. The lowest BCUT2D eigenvalue weighted by Crippen LogP contribution is -2.21. The van der Waals surface area contributed by atoms with Gasteiger partial charge in [-0.3, -0.25) is 0 Å². The molecule has 1 aromatic carbocycles. The highest BCUT2D eigenvalue weighted by Crippen LogP contribution is 2.27. The number of fused-ring (bicyclic) bond motifs is 1. The molecule has 2 nitrogen and oxygen atoms in total. The number of hydrogen-bond acceptors (Lipinski definition) is 2. The molecule has 0 aromatic heterocycles. The van der Waals surface area contributed by atoms with E-state index in [1.54, 1.807) is 0 Å². The Labute approximate surface area is 91.3 Å². The number of nitrogens with one attached hydrogen (secondary N) is 1. The number of aliphatic hydroxyl groups is 1. The Morgan fingerprint density at radius 1 is 1.47 bits per heavy atom. The first-order chi connectivity index (χ1) is 6.94. The molecule has 15 heavy (non-hydrogen) atoms. The number of benzene rings is 1. The van der Waals surface area contributed by atoms with Gasteiger partial charge in [0, 0.05) is 18.2 Å². The molecular weight excluding hydrogens is 186 g/mol. The first kappa shape index (κ1) is 10.5. The van der Waals surface area contributed by atoms with Crippen LogP contribution in [0.15, 0.2) is 18.2 Å². The van der Waals surface area contributed by atoms with Crippen LogP contribution < -0.4 is 5.32 Å². The van der Waals surface area contributed by atoms with Crippen LogP contribution in [0.3, 0.4) is 0 Å². The van der Waals surface area contributed by atoms with Crippen molar-refractivity contribution < 1.29 is 5.11 Å². The second kappa shape index (κ2) is 3.53. The van der Waals surface area contributed by atoms with E-state index >= 15 is 0 Å². The Morgan fingerprint density at radius 2 is 2.20 bits per heavy atom. The van der Waals surface area contributed by atoms with Crippen LogP contribution >= 0.6 is 0 Å². The molecule has 82 valence electrons. The van der Waals surface area contributed by atoms with Crippen LogP contribution in [-0.2, 0) is 12.8 Å². The summed E-state index contributed by atoms with van der Waals surface area (Å²) in [6.45, 7) is 5.88. The van der Waals surface area contributed by atoms with E-state index in [9.17, 15) is 5.11 Å². The molecule has 1 atom stereocenters. The predicted octanol–water partition coefficient (Wildman–Crippen LogP) is 2.36. The summed E-state index contributed by atoms with van der Waals surface area (Å²) in [5, 5.41) is 13.2. The molecule has 0 aliphatic carbocycles. The molecule has 1 unspecified atom stereocenters. The second-order valence-corrected chi connectivity index (χ2v) is 5.23. The number of rotatable bonds is 2. The highest BCUT2D eigenvalue weighted by molar-refractivity contribution is 5.58. The lowest BCUT2D eigenvalue weighted by atomic mass is 9.97. The average Bonchev–Trinajstić information content (AvgIpc) is 2.40. The van der Waals surface area contributed by atoms with Gasteiger partial charge in [-0.25, -0.2) is 0 Å². The number of anilines is 1. The smallest absolute Gasteiger partial charge is 0.0631 e. The van der Waals surface area contributed by atoms with E-state index < -0.39 is 5.60 Å². The van der Waals surface area contributed by atoms with Crippen molar-refractivity contribution in [2.45, 2.75) is 45.3 Å². The maximum atomic E-state index is 9.75. The van der Waals surface area contributed by atoms with Gasteiger partial charge in [-0.2, -0.15) is 0 Å². The second-order valence-electron chi connectivity index (χ2n) is 5.23. The summed E-state index contributed by atoms with van der Waals surface area (Å²) in [5.74, 6) is 0. The van der Waals surface area contributed by atoms with E-state index in [4.69, 9.17) is 0 Å². The van der Waals surface area contributed by atoms with Crippen LogP contribution in [-0.4, -0.2) is 16.7 Å². The van der Waals surface area contributed by atoms with Gasteiger partial charge in [0.2, 0.25) is 0 Å². The Bertz CT molecular complexity index is 365. The van der Waals surface area contributed by atoms with Gasteiger partial charge in [0.1, 0.15) is 0 Å². The fourth-order valence-electron chi connectivity index (χ4n) is 2.19. The van der Waals surface area contributed by atoms with Crippen molar-refractivity contribution >= 4 is 5.69 Å². The van der Waals surface area contributed by atoms with E-state index in [0.717, 1.165) is 6.42 Å². The van der Waals surface area contributed by atoms with Gasteiger partial charge in [-0.15, -0.1) is 0 Å². The lowest BCUT2D eigenvalue weighted by Gasteiger charge is -2.17. The van der Waals surface area contributed by atoms with E-state index in [1.807, 2.05) is 13.8 Å². The molecule has 0 radical (unpaired) electrons. The topological polar surface area (TPSA) is 32.3 Å². The van der Waals surface area contributed by atoms with Crippen LogP contribution in [0.2, 0.25) is 0 Å². The third kappa shape index (κ3) is 2.51. The molecule has 2 N–H and O–H groups in total. The quantitative estimate of drug-likeness (QED) is 0.777. The molecule has 0 saturated heterocycles. The third-order valence-electron chi connectivity index (χ3n) is 2.74. The summed E-state index contributed by atoms with van der Waals surface area (Å²) >= 11 is 0. The third-order valence-corrected chi connectivity index (χ3v) is 2.74. The SMILES string of the molecule is CC1Cc2ccc(CC(C)(C)O)cc2N1. The van der Waals surface area contributed by atoms with Crippen LogP contribution in [0, 0.1) is 0 Å². The molecule has 1 heterocycles. The van der Waals surface area contributed by atoms with Gasteiger partial charge in [-0.1, -0.05) is 12.1 Å². The van der Waals surface area contributed by atoms with Crippen molar-refractivity contribution in [2.75, 3.05) is 5.32 Å². The minimum Gasteiger partial charge on any atom is -0.390 e. The average molecular weight is 205 g/mol. The molecule has 1 aromatic rings. The molecule has 1 aliphatic heterocycles. The molecule has 2 heteroatoms. The molecule has 0 bridgehead atoms. The van der Waals surface area contributed by atoms with Crippen molar-refractivity contribution in [3.63, 3.8) is 0 Å². The Kier molecular flexibility index (Phi) is 2.47. The highest BCUT2D eigenvalue weighted by atomic mass is 16.3. The number of hydrogen-bond donors (Lipinski definition) is 2. The van der Waals surface area contributed by atoms with Crippen molar-refractivity contribution in [1.82, 2.24) is 0 Å². The van der Waals surface area contributed by atoms with Crippen LogP contribution in [0.1, 0.15) is 31.9 Å². The van der Waals surface area contributed by atoms with E-state index in [0.29, 0.717) is 12.5 Å². The van der Waals surface area contributed by atoms with Gasteiger partial charge in [0.15, 0.2) is 0 Å². The summed E-state index contributed by atoms with van der Waals surface area (Å²) in [4.78, 5) is 0. The fraction of sp³-hybridized carbons (Fsp3) is 0.538. The molecule has 0 fully saturated rings. The van der Waals surface area contributed by atoms with Gasteiger partial charge in [-0.05, 0) is 44.4 Å². The maximum absolute atomic E-state index is 9.75. The van der Waals surface area contributed by atoms with Gasteiger partial charge < -0.3 is 10.4 Å². The standard InChI is InChI=1S/C13H19NO/c1-9-6-11-5-4-10(7-12(11)14-9)8-13(2,3)15/h4-5,7,9,14-15H,6,8H2,1-3H3. The van der Waals surface area contributed by atoms with E-state index in [1.165, 1.54) is 16.8 Å². The van der Waals surface area contributed by atoms with E-state index in [2.05, 4.69) is 30.4 Å².